The number of rotatable bonds is 5. The van der Waals surface area contributed by atoms with Gasteiger partial charge in [0.15, 0.2) is 5.78 Å². The lowest BCUT2D eigenvalue weighted by molar-refractivity contribution is 0.0962. The van der Waals surface area contributed by atoms with Crippen molar-refractivity contribution >= 4 is 34.6 Å². The first kappa shape index (κ1) is 23.4. The number of hydrogen-bond donors (Lipinski definition) is 1. The molecule has 1 atom stereocenters. The van der Waals surface area contributed by atoms with Crippen LogP contribution in [0.5, 0.6) is 0 Å². The lowest BCUT2D eigenvalue weighted by Crippen LogP contribution is -2.28. The van der Waals surface area contributed by atoms with Crippen LogP contribution >= 0.6 is 0 Å². The van der Waals surface area contributed by atoms with Gasteiger partial charge in [-0.25, -0.2) is 9.98 Å². The third kappa shape index (κ3) is 4.48. The molecule has 6 heteroatoms. The summed E-state index contributed by atoms with van der Waals surface area (Å²) in [6.45, 7) is 1.86. The Hall–Kier alpha value is -4.97. The van der Waals surface area contributed by atoms with Gasteiger partial charge in [0.25, 0.3) is 5.91 Å². The average molecular weight is 497 g/mol. The number of nitrogens with one attached hydrogen (secondary N) is 1. The van der Waals surface area contributed by atoms with Crippen LogP contribution in [0.2, 0.25) is 0 Å². The van der Waals surface area contributed by atoms with Gasteiger partial charge in [0.05, 0.1) is 16.8 Å². The molecule has 184 valence electrons. The Labute approximate surface area is 219 Å². The van der Waals surface area contributed by atoms with Gasteiger partial charge in [0.2, 0.25) is 0 Å². The Kier molecular flexibility index (Phi) is 6.06. The van der Waals surface area contributed by atoms with Crippen molar-refractivity contribution in [3.05, 3.63) is 125 Å². The van der Waals surface area contributed by atoms with Gasteiger partial charge >= 0.3 is 0 Å². The summed E-state index contributed by atoms with van der Waals surface area (Å²) in [5.41, 5.74) is 5.13. The zero-order chi connectivity index (χ0) is 26.1. The Morgan fingerprint density at radius 3 is 2.32 bits per heavy atom. The van der Waals surface area contributed by atoms with Gasteiger partial charge in [-0.2, -0.15) is 0 Å². The molecular weight excluding hydrogens is 472 g/mol. The molecule has 0 radical (unpaired) electrons. The minimum absolute atomic E-state index is 0.0967. The van der Waals surface area contributed by atoms with Crippen molar-refractivity contribution in [2.75, 3.05) is 5.32 Å². The van der Waals surface area contributed by atoms with Gasteiger partial charge in [0.1, 0.15) is 11.9 Å². The Morgan fingerprint density at radius 2 is 1.50 bits per heavy atom. The number of para-hydroxylation sites is 1. The highest BCUT2D eigenvalue weighted by atomic mass is 16.1. The van der Waals surface area contributed by atoms with Crippen molar-refractivity contribution in [2.24, 2.45) is 15.0 Å². The highest BCUT2D eigenvalue weighted by molar-refractivity contribution is 6.28. The molecule has 2 heterocycles. The molecule has 0 saturated heterocycles. The number of Topliss-reactive ketones (excluding diaryl/α,β-unsaturated/α-hetero) is 1. The molecule has 0 saturated carbocycles. The van der Waals surface area contributed by atoms with Crippen LogP contribution in [-0.4, -0.2) is 29.3 Å². The van der Waals surface area contributed by atoms with Crippen molar-refractivity contribution in [3.63, 3.8) is 0 Å². The fraction of sp³-hybridized carbons (Fsp3) is 0.0938. The van der Waals surface area contributed by atoms with Gasteiger partial charge < -0.3 is 5.32 Å². The third-order valence-corrected chi connectivity index (χ3v) is 6.67. The van der Waals surface area contributed by atoms with Gasteiger partial charge in [0, 0.05) is 28.5 Å². The number of amidine groups is 1. The number of amides is 1. The molecule has 4 aromatic rings. The first-order chi connectivity index (χ1) is 18.6. The summed E-state index contributed by atoms with van der Waals surface area (Å²) < 4.78 is 0. The van der Waals surface area contributed by atoms with E-state index in [1.165, 1.54) is 0 Å². The fourth-order valence-electron chi connectivity index (χ4n) is 4.85. The molecule has 6 rings (SSSR count). The summed E-state index contributed by atoms with van der Waals surface area (Å²) in [4.78, 5) is 40.6. The van der Waals surface area contributed by atoms with Crippen molar-refractivity contribution < 1.29 is 9.59 Å². The number of hydrogen-bond acceptors (Lipinski definition) is 5. The van der Waals surface area contributed by atoms with Crippen molar-refractivity contribution in [2.45, 2.75) is 19.4 Å². The number of fused-ring (bicyclic) bond motifs is 2. The summed E-state index contributed by atoms with van der Waals surface area (Å²) in [5, 5.41) is 4.60. The summed E-state index contributed by atoms with van der Waals surface area (Å²) in [6, 6.07) is 31.4. The lowest BCUT2D eigenvalue weighted by atomic mass is 9.98. The molecule has 2 aliphatic heterocycles. The molecule has 4 aromatic carbocycles. The van der Waals surface area contributed by atoms with E-state index in [0.29, 0.717) is 29.1 Å². The van der Waals surface area contributed by atoms with Gasteiger partial charge in [-0.3, -0.25) is 14.6 Å². The van der Waals surface area contributed by atoms with Gasteiger partial charge in [-0.15, -0.1) is 0 Å². The van der Waals surface area contributed by atoms with Crippen LogP contribution in [0.1, 0.15) is 34.1 Å². The van der Waals surface area contributed by atoms with E-state index in [2.05, 4.69) is 15.3 Å². The number of nitrogens with zero attached hydrogens (tertiary/aromatic N) is 3. The second-order valence-electron chi connectivity index (χ2n) is 9.24. The molecule has 2 aliphatic rings. The average Bonchev–Trinajstić information content (AvgIpc) is 3.25. The molecule has 0 bridgehead atoms. The van der Waals surface area contributed by atoms with Crippen molar-refractivity contribution in [1.82, 2.24) is 0 Å². The van der Waals surface area contributed by atoms with Crippen LogP contribution in [0, 0.1) is 0 Å². The van der Waals surface area contributed by atoms with Crippen LogP contribution < -0.4 is 15.9 Å². The summed E-state index contributed by atoms with van der Waals surface area (Å²) in [6.07, 6.45) is 0.387. The van der Waals surface area contributed by atoms with Crippen LogP contribution in [0.25, 0.3) is 16.8 Å². The largest absolute Gasteiger partial charge is 0.322 e. The Bertz CT molecular complexity index is 1750. The standard InChI is InChI=1S/C32H24N4O2/c1-20-33-28-19-29(36-27-14-8-7-13-26(27)30(28)34-20)31(37)22-15-17-23(18-16-22)35-32(38)25-12-6-5-11-24(25)21-9-3-2-4-10-21/h2-18,29H,19H2,1H3,(H,35,38). The molecule has 6 nitrogen and oxygen atoms in total. The van der Waals surface area contributed by atoms with Crippen LogP contribution in [-0.2, 0) is 0 Å². The summed E-state index contributed by atoms with van der Waals surface area (Å²) >= 11 is 0. The van der Waals surface area contributed by atoms with Crippen molar-refractivity contribution in [3.8, 4) is 11.1 Å². The smallest absolute Gasteiger partial charge is 0.256 e. The van der Waals surface area contributed by atoms with Gasteiger partial charge in [-0.05, 0) is 54.4 Å². The van der Waals surface area contributed by atoms with E-state index in [9.17, 15) is 9.59 Å². The zero-order valence-electron chi connectivity index (χ0n) is 20.8. The van der Waals surface area contributed by atoms with Gasteiger partial charge in [-0.1, -0.05) is 66.7 Å². The zero-order valence-corrected chi connectivity index (χ0v) is 20.8. The predicted octanol–water partition coefficient (Wildman–Crippen LogP) is 4.86. The van der Waals surface area contributed by atoms with Crippen molar-refractivity contribution in [1.29, 1.82) is 0 Å². The highest BCUT2D eigenvalue weighted by Gasteiger charge is 2.27. The monoisotopic (exact) mass is 496 g/mol. The predicted molar refractivity (Wildman–Crippen MR) is 150 cm³/mol. The van der Waals surface area contributed by atoms with E-state index < -0.39 is 6.04 Å². The maximum atomic E-state index is 13.5. The summed E-state index contributed by atoms with van der Waals surface area (Å²) in [5.74, 6) is 0.379. The van der Waals surface area contributed by atoms with E-state index in [-0.39, 0.29) is 11.7 Å². The Balaban J connectivity index is 1.24. The summed E-state index contributed by atoms with van der Waals surface area (Å²) in [7, 11) is 0. The number of carbonyl (C=O) groups excluding carboxylic acids is 2. The molecule has 38 heavy (non-hydrogen) atoms. The van der Waals surface area contributed by atoms with E-state index >= 15 is 0 Å². The van der Waals surface area contributed by atoms with Crippen LogP contribution in [0.3, 0.4) is 0 Å². The number of benzene rings is 4. The topological polar surface area (TPSA) is 83.2 Å². The van der Waals surface area contributed by atoms with Crippen LogP contribution in [0.4, 0.5) is 5.69 Å². The second-order valence-corrected chi connectivity index (χ2v) is 9.24. The maximum absolute atomic E-state index is 13.5. The maximum Gasteiger partial charge on any atom is 0.256 e. The number of anilines is 1. The SMILES string of the molecule is CC1=NC2=c3ccccc3=NC(C(=O)c3ccc(NC(=O)c4ccccc4-c4ccccc4)cc3)CC2=N1. The first-order valence-electron chi connectivity index (χ1n) is 12.5. The Morgan fingerprint density at radius 1 is 0.789 bits per heavy atom. The molecule has 0 fully saturated rings. The fourth-order valence-corrected chi connectivity index (χ4v) is 4.85. The molecule has 0 aliphatic carbocycles. The third-order valence-electron chi connectivity index (χ3n) is 6.67. The van der Waals surface area contributed by atoms with E-state index in [4.69, 9.17) is 4.99 Å². The van der Waals surface area contributed by atoms with Crippen LogP contribution in [0.15, 0.2) is 118 Å². The molecule has 1 amide bonds. The molecule has 0 spiro atoms. The first-order valence-corrected chi connectivity index (χ1v) is 12.5. The quantitative estimate of drug-likeness (QED) is 0.400. The van der Waals surface area contributed by atoms with E-state index in [1.807, 2.05) is 85.8 Å². The normalized spacial score (nSPS) is 15.8. The molecule has 1 unspecified atom stereocenters. The van der Waals surface area contributed by atoms with E-state index in [1.54, 1.807) is 24.3 Å². The lowest BCUT2D eigenvalue weighted by Gasteiger charge is -2.12. The second kappa shape index (κ2) is 9.82. The number of aliphatic imine (C=N–C) groups is 2. The number of carbonyl (C=O) groups is 2. The molecule has 0 aromatic heterocycles. The van der Waals surface area contributed by atoms with E-state index in [0.717, 1.165) is 33.1 Å². The number of ketones is 1. The molecule has 1 N–H and O–H groups in total. The highest BCUT2D eigenvalue weighted by Crippen LogP contribution is 2.25. The minimum Gasteiger partial charge on any atom is -0.322 e. The molecular formula is C32H24N4O2. The minimum atomic E-state index is -0.605.